The first-order valence-corrected chi connectivity index (χ1v) is 13.4. The standard InChI is InChI=1S/C28H41N3O2/c1-27(2)11-22-12-28(3,15-27)16-31(22)14-21-4-5-23(26(33)30-21)25(32)29-13-24-19-7-17-6-18(9-19)10-20(24)8-17/h4-5,17-20,22,24H,6-16H2,1-3H3,(H,29,32)(H,30,33)/t17?,18?,19?,20?,22-,24?,28+/m0/s1. The van der Waals surface area contributed by atoms with Crippen LogP contribution in [0.3, 0.4) is 0 Å². The van der Waals surface area contributed by atoms with Crippen molar-refractivity contribution in [2.45, 2.75) is 84.7 Å². The van der Waals surface area contributed by atoms with Crippen molar-refractivity contribution in [1.29, 1.82) is 0 Å². The van der Waals surface area contributed by atoms with Crippen molar-refractivity contribution < 1.29 is 4.79 Å². The topological polar surface area (TPSA) is 65.2 Å². The van der Waals surface area contributed by atoms with Crippen LogP contribution in [0, 0.1) is 40.4 Å². The molecule has 6 bridgehead atoms. The molecule has 5 saturated carbocycles. The van der Waals surface area contributed by atoms with Crippen LogP contribution in [0.2, 0.25) is 0 Å². The SMILES string of the molecule is CC1(C)C[C@H]2C[C@@](C)(CN2Cc2ccc(C(=O)NCC3C4CC5CC(C4)CC3C5)c(=O)[nH]2)C1. The summed E-state index contributed by atoms with van der Waals surface area (Å²) in [7, 11) is 0. The van der Waals surface area contributed by atoms with Crippen molar-refractivity contribution >= 4 is 5.91 Å². The van der Waals surface area contributed by atoms with E-state index in [1.807, 2.05) is 6.07 Å². The van der Waals surface area contributed by atoms with Gasteiger partial charge in [0.25, 0.3) is 11.5 Å². The van der Waals surface area contributed by atoms with Gasteiger partial charge in [0.1, 0.15) is 5.56 Å². The third-order valence-electron chi connectivity index (χ3n) is 10.0. The highest BCUT2D eigenvalue weighted by Crippen LogP contribution is 2.56. The van der Waals surface area contributed by atoms with E-state index < -0.39 is 0 Å². The van der Waals surface area contributed by atoms with Gasteiger partial charge in [-0.05, 0) is 104 Å². The summed E-state index contributed by atoms with van der Waals surface area (Å²) in [6.07, 6.45) is 10.6. The number of carbonyl (C=O) groups is 1. The minimum absolute atomic E-state index is 0.206. The van der Waals surface area contributed by atoms with Crippen LogP contribution in [0.15, 0.2) is 16.9 Å². The molecular weight excluding hydrogens is 410 g/mol. The predicted octanol–water partition coefficient (Wildman–Crippen LogP) is 4.58. The Labute approximate surface area is 198 Å². The molecule has 6 aliphatic rings. The van der Waals surface area contributed by atoms with Crippen LogP contribution in [0.25, 0.3) is 0 Å². The monoisotopic (exact) mass is 451 g/mol. The van der Waals surface area contributed by atoms with E-state index in [1.165, 1.54) is 51.4 Å². The minimum atomic E-state index is -0.246. The Bertz CT molecular complexity index is 969. The van der Waals surface area contributed by atoms with Crippen LogP contribution in [-0.4, -0.2) is 34.9 Å². The van der Waals surface area contributed by atoms with Crippen molar-refractivity contribution in [3.8, 4) is 0 Å². The highest BCUT2D eigenvalue weighted by atomic mass is 16.2. The summed E-state index contributed by atoms with van der Waals surface area (Å²) in [5.74, 6) is 3.86. The number of pyridine rings is 1. The minimum Gasteiger partial charge on any atom is -0.352 e. The normalized spacial score (nSPS) is 40.8. The fourth-order valence-electron chi connectivity index (χ4n) is 9.44. The molecule has 0 unspecified atom stereocenters. The van der Waals surface area contributed by atoms with Crippen molar-refractivity contribution in [3.05, 3.63) is 33.7 Å². The van der Waals surface area contributed by atoms with Gasteiger partial charge in [-0.1, -0.05) is 20.8 Å². The quantitative estimate of drug-likeness (QED) is 0.689. The second-order valence-corrected chi connectivity index (χ2v) is 13.6. The molecule has 2 heterocycles. The van der Waals surface area contributed by atoms with E-state index >= 15 is 0 Å². The zero-order chi connectivity index (χ0) is 23.0. The number of amides is 1. The second kappa shape index (κ2) is 7.69. The van der Waals surface area contributed by atoms with E-state index in [9.17, 15) is 9.59 Å². The molecule has 1 aliphatic heterocycles. The maximum atomic E-state index is 12.9. The van der Waals surface area contributed by atoms with E-state index in [-0.39, 0.29) is 17.0 Å². The molecule has 0 radical (unpaired) electrons. The molecule has 5 nitrogen and oxygen atoms in total. The zero-order valence-corrected chi connectivity index (χ0v) is 20.7. The summed E-state index contributed by atoms with van der Waals surface area (Å²) in [6.45, 7) is 9.79. The summed E-state index contributed by atoms with van der Waals surface area (Å²) in [5.41, 5.74) is 1.70. The predicted molar refractivity (Wildman–Crippen MR) is 130 cm³/mol. The van der Waals surface area contributed by atoms with Crippen LogP contribution in [0.5, 0.6) is 0 Å². The number of likely N-dealkylation sites (tertiary alicyclic amines) is 1. The van der Waals surface area contributed by atoms with Gasteiger partial charge in [0, 0.05) is 31.4 Å². The lowest BCUT2D eigenvalue weighted by molar-refractivity contribution is -0.0347. The number of hydrogen-bond donors (Lipinski definition) is 2. The smallest absolute Gasteiger partial charge is 0.261 e. The first kappa shape index (κ1) is 21.9. The van der Waals surface area contributed by atoms with Crippen molar-refractivity contribution in [1.82, 2.24) is 15.2 Å². The molecule has 5 heteroatoms. The largest absolute Gasteiger partial charge is 0.352 e. The zero-order valence-electron chi connectivity index (χ0n) is 20.7. The molecule has 6 fully saturated rings. The Balaban J connectivity index is 1.08. The molecule has 180 valence electrons. The van der Waals surface area contributed by atoms with E-state index in [1.54, 1.807) is 6.07 Å². The highest BCUT2D eigenvalue weighted by molar-refractivity contribution is 5.93. The van der Waals surface area contributed by atoms with Gasteiger partial charge in [0.2, 0.25) is 0 Å². The number of hydrogen-bond acceptors (Lipinski definition) is 3. The lowest BCUT2D eigenvalue weighted by atomic mass is 9.52. The number of aromatic amines is 1. The third kappa shape index (κ3) is 4.09. The Morgan fingerprint density at radius 2 is 1.76 bits per heavy atom. The van der Waals surface area contributed by atoms with E-state index in [4.69, 9.17) is 0 Å². The number of fused-ring (bicyclic) bond motifs is 2. The van der Waals surface area contributed by atoms with Gasteiger partial charge in [-0.25, -0.2) is 0 Å². The Hall–Kier alpha value is -1.62. The molecule has 2 N–H and O–H groups in total. The van der Waals surface area contributed by atoms with Crippen LogP contribution in [0.1, 0.15) is 88.2 Å². The molecule has 33 heavy (non-hydrogen) atoms. The van der Waals surface area contributed by atoms with Crippen molar-refractivity contribution in [2.75, 3.05) is 13.1 Å². The molecule has 7 rings (SSSR count). The summed E-state index contributed by atoms with van der Waals surface area (Å²) in [5, 5.41) is 3.14. The molecule has 1 aromatic heterocycles. The number of H-pyrrole nitrogens is 1. The first-order chi connectivity index (χ1) is 15.7. The average Bonchev–Trinajstić information content (AvgIpc) is 2.94. The van der Waals surface area contributed by atoms with Crippen LogP contribution in [-0.2, 0) is 6.54 Å². The van der Waals surface area contributed by atoms with Gasteiger partial charge in [0.05, 0.1) is 0 Å². The molecular formula is C28H41N3O2. The number of rotatable bonds is 5. The van der Waals surface area contributed by atoms with Gasteiger partial charge < -0.3 is 10.3 Å². The number of aromatic nitrogens is 1. The first-order valence-electron chi connectivity index (χ1n) is 13.4. The van der Waals surface area contributed by atoms with E-state index in [0.717, 1.165) is 49.0 Å². The Morgan fingerprint density at radius 1 is 1.06 bits per heavy atom. The van der Waals surface area contributed by atoms with Crippen LogP contribution < -0.4 is 10.9 Å². The van der Waals surface area contributed by atoms with Gasteiger partial charge >= 0.3 is 0 Å². The summed E-state index contributed by atoms with van der Waals surface area (Å²) >= 11 is 0. The lowest BCUT2D eigenvalue weighted by Crippen LogP contribution is -2.49. The van der Waals surface area contributed by atoms with Crippen LogP contribution in [0.4, 0.5) is 0 Å². The lowest BCUT2D eigenvalue weighted by Gasteiger charge is -2.54. The second-order valence-electron chi connectivity index (χ2n) is 13.6. The van der Waals surface area contributed by atoms with Gasteiger partial charge in [-0.3, -0.25) is 14.5 Å². The number of nitrogens with one attached hydrogen (secondary N) is 2. The molecule has 5 aliphatic carbocycles. The summed E-state index contributed by atoms with van der Waals surface area (Å²) in [6, 6.07) is 4.29. The molecule has 2 atom stereocenters. The third-order valence-corrected chi connectivity index (χ3v) is 10.0. The van der Waals surface area contributed by atoms with Gasteiger partial charge in [-0.2, -0.15) is 0 Å². The van der Waals surface area contributed by atoms with Gasteiger partial charge in [-0.15, -0.1) is 0 Å². The number of nitrogens with zero attached hydrogens (tertiary/aromatic N) is 1. The Kier molecular flexibility index (Phi) is 5.10. The average molecular weight is 452 g/mol. The number of carbonyl (C=O) groups excluding carboxylic acids is 1. The van der Waals surface area contributed by atoms with Crippen LogP contribution >= 0.6 is 0 Å². The van der Waals surface area contributed by atoms with E-state index in [0.29, 0.717) is 22.8 Å². The summed E-state index contributed by atoms with van der Waals surface area (Å²) < 4.78 is 0. The molecule has 1 aromatic rings. The molecule has 1 amide bonds. The van der Waals surface area contributed by atoms with Crippen molar-refractivity contribution in [3.63, 3.8) is 0 Å². The van der Waals surface area contributed by atoms with Crippen molar-refractivity contribution in [2.24, 2.45) is 40.4 Å². The fourth-order valence-corrected chi connectivity index (χ4v) is 9.44. The maximum Gasteiger partial charge on any atom is 0.261 e. The molecule has 0 spiro atoms. The molecule has 0 aromatic carbocycles. The fraction of sp³-hybridized carbons (Fsp3) is 0.786. The summed E-state index contributed by atoms with van der Waals surface area (Å²) in [4.78, 5) is 31.3. The van der Waals surface area contributed by atoms with Gasteiger partial charge in [0.15, 0.2) is 0 Å². The molecule has 1 saturated heterocycles. The maximum absolute atomic E-state index is 12.9. The highest BCUT2D eigenvalue weighted by Gasteiger charge is 2.50. The Morgan fingerprint density at radius 3 is 2.42 bits per heavy atom. The van der Waals surface area contributed by atoms with E-state index in [2.05, 4.69) is 36.0 Å².